The summed E-state index contributed by atoms with van der Waals surface area (Å²) in [6.45, 7) is 7.83. The summed E-state index contributed by atoms with van der Waals surface area (Å²) in [5.41, 5.74) is 0. The molecule has 62 valence electrons. The SMILES string of the molecule is CCCCN([SiH3])CNCC. The summed E-state index contributed by atoms with van der Waals surface area (Å²) < 4.78 is 2.45. The third kappa shape index (κ3) is 6.26. The summed E-state index contributed by atoms with van der Waals surface area (Å²) in [6.07, 6.45) is 2.65. The van der Waals surface area contributed by atoms with Gasteiger partial charge in [0.25, 0.3) is 0 Å². The lowest BCUT2D eigenvalue weighted by molar-refractivity contribution is 0.405. The van der Waals surface area contributed by atoms with Gasteiger partial charge < -0.3 is 9.88 Å². The molecular formula is C7H20N2Si. The van der Waals surface area contributed by atoms with Gasteiger partial charge in [-0.05, 0) is 19.5 Å². The summed E-state index contributed by atoms with van der Waals surface area (Å²) in [5, 5.41) is 3.32. The van der Waals surface area contributed by atoms with E-state index in [-0.39, 0.29) is 0 Å². The zero-order valence-electron chi connectivity index (χ0n) is 7.48. The molecule has 10 heavy (non-hydrogen) atoms. The second-order valence-corrected chi connectivity index (χ2v) is 3.96. The van der Waals surface area contributed by atoms with Gasteiger partial charge in [0.05, 0.1) is 10.4 Å². The maximum Gasteiger partial charge on any atom is 0.0800 e. The van der Waals surface area contributed by atoms with Crippen LogP contribution in [0.25, 0.3) is 0 Å². The van der Waals surface area contributed by atoms with Gasteiger partial charge in [0.2, 0.25) is 0 Å². The van der Waals surface area contributed by atoms with Crippen molar-refractivity contribution in [3.63, 3.8) is 0 Å². The molecule has 0 aliphatic carbocycles. The standard InChI is InChI=1S/C7H20N2Si/c1-3-5-6-9(10)7-8-4-2/h8H,3-7H2,1-2,10H3. The molecule has 0 aromatic rings. The first-order valence-corrected chi connectivity index (χ1v) is 5.10. The van der Waals surface area contributed by atoms with Crippen molar-refractivity contribution in [1.82, 2.24) is 9.88 Å². The Hall–Kier alpha value is 0.137. The van der Waals surface area contributed by atoms with Gasteiger partial charge in [0.15, 0.2) is 0 Å². The maximum atomic E-state index is 3.32. The van der Waals surface area contributed by atoms with Crippen LogP contribution in [-0.2, 0) is 0 Å². The molecule has 3 heteroatoms. The van der Waals surface area contributed by atoms with Crippen LogP contribution in [0, 0.1) is 0 Å². The van der Waals surface area contributed by atoms with E-state index in [1.54, 1.807) is 0 Å². The lowest BCUT2D eigenvalue weighted by atomic mass is 10.3. The average Bonchev–Trinajstić information content (AvgIpc) is 1.97. The van der Waals surface area contributed by atoms with Crippen LogP contribution < -0.4 is 5.32 Å². The van der Waals surface area contributed by atoms with Crippen molar-refractivity contribution in [2.75, 3.05) is 19.8 Å². The van der Waals surface area contributed by atoms with Gasteiger partial charge in [0.1, 0.15) is 0 Å². The average molecular weight is 160 g/mol. The van der Waals surface area contributed by atoms with Crippen molar-refractivity contribution < 1.29 is 0 Å². The van der Waals surface area contributed by atoms with E-state index in [9.17, 15) is 0 Å². The highest BCUT2D eigenvalue weighted by Crippen LogP contribution is 1.88. The van der Waals surface area contributed by atoms with E-state index in [1.165, 1.54) is 29.8 Å². The van der Waals surface area contributed by atoms with Crippen LogP contribution in [0.4, 0.5) is 0 Å². The van der Waals surface area contributed by atoms with Crippen molar-refractivity contribution in [3.8, 4) is 0 Å². The van der Waals surface area contributed by atoms with Gasteiger partial charge in [-0.1, -0.05) is 20.3 Å². The predicted octanol–water partition coefficient (Wildman–Crippen LogP) is -0.0641. The van der Waals surface area contributed by atoms with Crippen LogP contribution in [0.3, 0.4) is 0 Å². The van der Waals surface area contributed by atoms with Gasteiger partial charge in [-0.15, -0.1) is 0 Å². The third-order valence-electron chi connectivity index (χ3n) is 1.53. The van der Waals surface area contributed by atoms with E-state index >= 15 is 0 Å². The van der Waals surface area contributed by atoms with Crippen LogP contribution in [0.2, 0.25) is 0 Å². The van der Waals surface area contributed by atoms with Gasteiger partial charge in [0, 0.05) is 6.67 Å². The molecular weight excluding hydrogens is 140 g/mol. The predicted molar refractivity (Wildman–Crippen MR) is 50.1 cm³/mol. The Balaban J connectivity index is 3.00. The Labute approximate surface area is 67.5 Å². The van der Waals surface area contributed by atoms with Crippen LogP contribution in [0.5, 0.6) is 0 Å². The molecule has 0 unspecified atom stereocenters. The second-order valence-electron chi connectivity index (χ2n) is 2.69. The van der Waals surface area contributed by atoms with Crippen LogP contribution >= 0.6 is 0 Å². The Morgan fingerprint density at radius 1 is 1.40 bits per heavy atom. The fraction of sp³-hybridized carbons (Fsp3) is 1.00. The molecule has 0 saturated heterocycles. The quantitative estimate of drug-likeness (QED) is 0.432. The molecule has 1 N–H and O–H groups in total. The highest BCUT2D eigenvalue weighted by molar-refractivity contribution is 6.04. The largest absolute Gasteiger partial charge is 0.321 e. The Kier molecular flexibility index (Phi) is 7.35. The number of nitrogens with zero attached hydrogens (tertiary/aromatic N) is 1. The smallest absolute Gasteiger partial charge is 0.0800 e. The van der Waals surface area contributed by atoms with E-state index in [0.717, 1.165) is 13.2 Å². The molecule has 0 amide bonds. The topological polar surface area (TPSA) is 15.3 Å². The van der Waals surface area contributed by atoms with Crippen molar-refractivity contribution in [2.45, 2.75) is 26.7 Å². The number of hydrogen-bond acceptors (Lipinski definition) is 2. The van der Waals surface area contributed by atoms with E-state index in [0.29, 0.717) is 0 Å². The Morgan fingerprint density at radius 3 is 2.60 bits per heavy atom. The van der Waals surface area contributed by atoms with E-state index in [4.69, 9.17) is 0 Å². The van der Waals surface area contributed by atoms with Crippen molar-refractivity contribution >= 4 is 10.4 Å². The molecule has 0 radical (unpaired) electrons. The van der Waals surface area contributed by atoms with Gasteiger partial charge in [-0.25, -0.2) is 0 Å². The second kappa shape index (κ2) is 7.25. The molecule has 0 bridgehead atoms. The highest BCUT2D eigenvalue weighted by Gasteiger charge is 1.92. The Morgan fingerprint density at radius 2 is 2.10 bits per heavy atom. The molecule has 0 aliphatic heterocycles. The zero-order chi connectivity index (χ0) is 7.82. The lowest BCUT2D eigenvalue weighted by Gasteiger charge is -2.16. The number of nitrogens with one attached hydrogen (secondary N) is 1. The minimum atomic E-state index is 1.09. The minimum Gasteiger partial charge on any atom is -0.321 e. The molecule has 2 nitrogen and oxygen atoms in total. The molecule has 0 rings (SSSR count). The fourth-order valence-corrected chi connectivity index (χ4v) is 1.35. The number of hydrogen-bond donors (Lipinski definition) is 1. The van der Waals surface area contributed by atoms with Crippen molar-refractivity contribution in [1.29, 1.82) is 0 Å². The summed E-state index contributed by atoms with van der Waals surface area (Å²) >= 11 is 0. The molecule has 0 spiro atoms. The summed E-state index contributed by atoms with van der Waals surface area (Å²) in [4.78, 5) is 0. The molecule has 0 aromatic heterocycles. The van der Waals surface area contributed by atoms with Crippen molar-refractivity contribution in [3.05, 3.63) is 0 Å². The molecule has 0 aliphatic rings. The number of unbranched alkanes of at least 4 members (excludes halogenated alkanes) is 1. The van der Waals surface area contributed by atoms with Crippen LogP contribution in [-0.4, -0.2) is 34.7 Å². The first-order valence-electron chi connectivity index (χ1n) is 4.20. The van der Waals surface area contributed by atoms with Crippen LogP contribution in [0.1, 0.15) is 26.7 Å². The van der Waals surface area contributed by atoms with Crippen molar-refractivity contribution in [2.24, 2.45) is 0 Å². The molecule has 0 saturated carbocycles. The molecule has 0 fully saturated rings. The lowest BCUT2D eigenvalue weighted by Crippen LogP contribution is -2.32. The van der Waals surface area contributed by atoms with Gasteiger partial charge in [-0.2, -0.15) is 0 Å². The summed E-state index contributed by atoms with van der Waals surface area (Å²) in [7, 11) is 1.19. The Bertz CT molecular complexity index is 60.6. The minimum absolute atomic E-state index is 1.09. The third-order valence-corrected chi connectivity index (χ3v) is 2.29. The summed E-state index contributed by atoms with van der Waals surface area (Å²) in [6, 6.07) is 0. The maximum absolute atomic E-state index is 3.32. The number of rotatable bonds is 6. The van der Waals surface area contributed by atoms with E-state index < -0.39 is 0 Å². The first kappa shape index (κ1) is 10.1. The van der Waals surface area contributed by atoms with E-state index in [1.807, 2.05) is 0 Å². The van der Waals surface area contributed by atoms with Gasteiger partial charge in [-0.3, -0.25) is 0 Å². The molecule has 0 aromatic carbocycles. The molecule has 0 atom stereocenters. The fourth-order valence-electron chi connectivity index (χ4n) is 0.810. The van der Waals surface area contributed by atoms with Crippen LogP contribution in [0.15, 0.2) is 0 Å². The monoisotopic (exact) mass is 160 g/mol. The van der Waals surface area contributed by atoms with E-state index in [2.05, 4.69) is 23.7 Å². The summed E-state index contributed by atoms with van der Waals surface area (Å²) in [5.74, 6) is 0. The van der Waals surface area contributed by atoms with Gasteiger partial charge >= 0.3 is 0 Å². The normalized spacial score (nSPS) is 11.1. The zero-order valence-corrected chi connectivity index (χ0v) is 9.48. The molecule has 0 heterocycles. The highest BCUT2D eigenvalue weighted by atomic mass is 28.2. The first-order chi connectivity index (χ1) is 4.81.